The lowest BCUT2D eigenvalue weighted by Crippen LogP contribution is -2.23. The Kier molecular flexibility index (Phi) is 5.59. The third-order valence-electron chi connectivity index (χ3n) is 3.91. The first kappa shape index (κ1) is 16.2. The number of pyridine rings is 1. The molecule has 0 saturated heterocycles. The van der Waals surface area contributed by atoms with Crippen LogP contribution in [0.5, 0.6) is 0 Å². The minimum Gasteiger partial charge on any atom is -0.348 e. The van der Waals surface area contributed by atoms with Gasteiger partial charge in [0.1, 0.15) is 5.82 Å². The van der Waals surface area contributed by atoms with Gasteiger partial charge in [-0.15, -0.1) is 0 Å². The van der Waals surface area contributed by atoms with Gasteiger partial charge in [0.05, 0.1) is 5.69 Å². The highest BCUT2D eigenvalue weighted by molar-refractivity contribution is 5.41. The fourth-order valence-electron chi connectivity index (χ4n) is 2.75. The molecule has 0 atom stereocenters. The van der Waals surface area contributed by atoms with Crippen molar-refractivity contribution in [3.63, 3.8) is 0 Å². The second-order valence-corrected chi connectivity index (χ2v) is 5.84. The molecule has 0 unspecified atom stereocenters. The maximum atomic E-state index is 4.82. The van der Waals surface area contributed by atoms with Crippen LogP contribution < -0.4 is 10.2 Å². The van der Waals surface area contributed by atoms with Gasteiger partial charge in [0.25, 0.3) is 0 Å². The molecule has 24 heavy (non-hydrogen) atoms. The van der Waals surface area contributed by atoms with Gasteiger partial charge in [-0.3, -0.25) is 0 Å². The summed E-state index contributed by atoms with van der Waals surface area (Å²) < 4.78 is 0. The highest BCUT2D eigenvalue weighted by atomic mass is 15.2. The Hall–Kier alpha value is -2.65. The van der Waals surface area contributed by atoms with E-state index < -0.39 is 0 Å². The van der Waals surface area contributed by atoms with Crippen LogP contribution in [0.4, 0.5) is 5.82 Å². The summed E-state index contributed by atoms with van der Waals surface area (Å²) in [6, 6.07) is 27.3. The zero-order chi connectivity index (χ0) is 16.6. The van der Waals surface area contributed by atoms with Crippen LogP contribution in [0.1, 0.15) is 16.8 Å². The van der Waals surface area contributed by atoms with E-state index in [-0.39, 0.29) is 0 Å². The predicted molar refractivity (Wildman–Crippen MR) is 99.8 cm³/mol. The first-order valence-corrected chi connectivity index (χ1v) is 8.28. The molecule has 0 radical (unpaired) electrons. The van der Waals surface area contributed by atoms with Crippen LogP contribution in [-0.2, 0) is 19.6 Å². The highest BCUT2D eigenvalue weighted by Gasteiger charge is 2.10. The summed E-state index contributed by atoms with van der Waals surface area (Å²) >= 11 is 0. The topological polar surface area (TPSA) is 28.2 Å². The number of rotatable bonds is 7. The summed E-state index contributed by atoms with van der Waals surface area (Å²) in [6.45, 7) is 2.45. The molecule has 0 saturated carbocycles. The van der Waals surface area contributed by atoms with Gasteiger partial charge in [-0.1, -0.05) is 66.7 Å². The molecule has 1 aromatic heterocycles. The van der Waals surface area contributed by atoms with Crippen molar-refractivity contribution in [1.82, 2.24) is 10.3 Å². The van der Waals surface area contributed by atoms with E-state index in [1.165, 1.54) is 11.1 Å². The summed E-state index contributed by atoms with van der Waals surface area (Å²) in [5, 5.41) is 3.17. The number of benzene rings is 2. The summed E-state index contributed by atoms with van der Waals surface area (Å²) in [5.74, 6) is 1.01. The van der Waals surface area contributed by atoms with E-state index in [2.05, 4.69) is 89.1 Å². The van der Waals surface area contributed by atoms with Gasteiger partial charge in [0, 0.05) is 19.6 Å². The molecule has 3 heteroatoms. The summed E-state index contributed by atoms with van der Waals surface area (Å²) in [4.78, 5) is 7.14. The molecule has 0 amide bonds. The average molecular weight is 317 g/mol. The lowest BCUT2D eigenvalue weighted by atomic mass is 10.1. The van der Waals surface area contributed by atoms with Gasteiger partial charge in [-0.2, -0.15) is 0 Å². The van der Waals surface area contributed by atoms with Crippen LogP contribution in [0, 0.1) is 0 Å². The summed E-state index contributed by atoms with van der Waals surface area (Å²) in [5.41, 5.74) is 3.63. The molecule has 0 spiro atoms. The number of nitrogens with one attached hydrogen (secondary N) is 1. The summed E-state index contributed by atoms with van der Waals surface area (Å²) in [6.07, 6.45) is 0. The van der Waals surface area contributed by atoms with E-state index in [1.54, 1.807) is 0 Å². The second kappa shape index (κ2) is 8.27. The third-order valence-corrected chi connectivity index (χ3v) is 3.91. The number of aromatic nitrogens is 1. The van der Waals surface area contributed by atoms with E-state index >= 15 is 0 Å². The van der Waals surface area contributed by atoms with Crippen molar-refractivity contribution in [3.05, 3.63) is 95.7 Å². The van der Waals surface area contributed by atoms with E-state index in [4.69, 9.17) is 4.98 Å². The summed E-state index contributed by atoms with van der Waals surface area (Å²) in [7, 11) is 1.94. The SMILES string of the molecule is CNCc1cccc(N(Cc2ccccc2)Cc2ccccc2)n1. The van der Waals surface area contributed by atoms with Gasteiger partial charge < -0.3 is 10.2 Å². The minimum atomic E-state index is 0.776. The Morgan fingerprint density at radius 2 is 1.33 bits per heavy atom. The monoisotopic (exact) mass is 317 g/mol. The molecular formula is C21H23N3. The van der Waals surface area contributed by atoms with Gasteiger partial charge in [0.2, 0.25) is 0 Å². The number of nitrogens with zero attached hydrogens (tertiary/aromatic N) is 2. The van der Waals surface area contributed by atoms with Gasteiger partial charge in [-0.25, -0.2) is 4.98 Å². The third kappa shape index (κ3) is 4.43. The van der Waals surface area contributed by atoms with E-state index in [0.717, 1.165) is 31.1 Å². The zero-order valence-electron chi connectivity index (χ0n) is 14.0. The molecule has 3 nitrogen and oxygen atoms in total. The van der Waals surface area contributed by atoms with Crippen molar-refractivity contribution < 1.29 is 0 Å². The number of hydrogen-bond acceptors (Lipinski definition) is 3. The van der Waals surface area contributed by atoms with Gasteiger partial charge in [-0.05, 0) is 30.3 Å². The fraction of sp³-hybridized carbons (Fsp3) is 0.190. The van der Waals surface area contributed by atoms with Crippen LogP contribution in [0.3, 0.4) is 0 Å². The smallest absolute Gasteiger partial charge is 0.129 e. The van der Waals surface area contributed by atoms with Crippen LogP contribution in [0.25, 0.3) is 0 Å². The Labute approximate surface area is 144 Å². The lowest BCUT2D eigenvalue weighted by molar-refractivity contribution is 0.755. The molecule has 0 aliphatic carbocycles. The number of hydrogen-bond donors (Lipinski definition) is 1. The largest absolute Gasteiger partial charge is 0.348 e. The molecule has 2 aromatic carbocycles. The minimum absolute atomic E-state index is 0.776. The molecular weight excluding hydrogens is 294 g/mol. The maximum absolute atomic E-state index is 4.82. The predicted octanol–water partition coefficient (Wildman–Crippen LogP) is 4.01. The van der Waals surface area contributed by atoms with E-state index in [1.807, 2.05) is 7.05 Å². The molecule has 0 aliphatic rings. The first-order chi connectivity index (χ1) is 11.8. The normalized spacial score (nSPS) is 10.5. The highest BCUT2D eigenvalue weighted by Crippen LogP contribution is 2.18. The van der Waals surface area contributed by atoms with Crippen LogP contribution in [-0.4, -0.2) is 12.0 Å². The van der Waals surface area contributed by atoms with Gasteiger partial charge >= 0.3 is 0 Å². The van der Waals surface area contributed by atoms with Crippen molar-refractivity contribution in [2.45, 2.75) is 19.6 Å². The Balaban J connectivity index is 1.87. The van der Waals surface area contributed by atoms with E-state index in [0.29, 0.717) is 0 Å². The maximum Gasteiger partial charge on any atom is 0.129 e. The molecule has 1 heterocycles. The van der Waals surface area contributed by atoms with Crippen molar-refractivity contribution in [1.29, 1.82) is 0 Å². The Morgan fingerprint density at radius 3 is 1.88 bits per heavy atom. The quantitative estimate of drug-likeness (QED) is 0.714. The van der Waals surface area contributed by atoms with Crippen LogP contribution in [0.2, 0.25) is 0 Å². The standard InChI is InChI=1S/C21H23N3/c1-22-15-20-13-8-14-21(23-20)24(16-18-9-4-2-5-10-18)17-19-11-6-3-7-12-19/h2-14,22H,15-17H2,1H3. The molecule has 0 fully saturated rings. The molecule has 1 N–H and O–H groups in total. The molecule has 122 valence electrons. The zero-order valence-corrected chi connectivity index (χ0v) is 14.0. The van der Waals surface area contributed by atoms with E-state index in [9.17, 15) is 0 Å². The van der Waals surface area contributed by atoms with Crippen molar-refractivity contribution >= 4 is 5.82 Å². The molecule has 3 aromatic rings. The molecule has 0 aliphatic heterocycles. The van der Waals surface area contributed by atoms with Crippen LogP contribution >= 0.6 is 0 Å². The Morgan fingerprint density at radius 1 is 0.750 bits per heavy atom. The van der Waals surface area contributed by atoms with Gasteiger partial charge in [0.15, 0.2) is 0 Å². The van der Waals surface area contributed by atoms with Crippen LogP contribution in [0.15, 0.2) is 78.9 Å². The van der Waals surface area contributed by atoms with Crippen molar-refractivity contribution in [2.24, 2.45) is 0 Å². The second-order valence-electron chi connectivity index (χ2n) is 5.84. The van der Waals surface area contributed by atoms with Crippen molar-refractivity contribution in [2.75, 3.05) is 11.9 Å². The molecule has 0 bridgehead atoms. The number of anilines is 1. The van der Waals surface area contributed by atoms with Crippen molar-refractivity contribution in [3.8, 4) is 0 Å². The Bertz CT molecular complexity index is 700. The average Bonchev–Trinajstić information content (AvgIpc) is 2.63. The molecule has 3 rings (SSSR count). The lowest BCUT2D eigenvalue weighted by Gasteiger charge is -2.24. The fourth-order valence-corrected chi connectivity index (χ4v) is 2.75. The first-order valence-electron chi connectivity index (χ1n) is 8.28.